The minimum absolute atomic E-state index is 0.796. The number of hydrogen-bond donors (Lipinski definition) is 0. The summed E-state index contributed by atoms with van der Waals surface area (Å²) < 4.78 is 11.1. The first-order chi connectivity index (χ1) is 4.91. The van der Waals surface area contributed by atoms with Gasteiger partial charge in [0.15, 0.2) is 0 Å². The van der Waals surface area contributed by atoms with Crippen molar-refractivity contribution in [3.8, 4) is 23.9 Å². The average Bonchev–Trinajstić information content (AvgIpc) is 1.97. The third-order valence-corrected chi connectivity index (χ3v) is 1.000. The first-order valence-corrected chi connectivity index (χ1v) is 3.29. The van der Waals surface area contributed by atoms with Crippen molar-refractivity contribution in [3.05, 3.63) is 6.92 Å². The molecule has 0 aromatic carbocycles. The fourth-order valence-electron chi connectivity index (χ4n) is 0.520. The number of rotatable bonds is 3. The topological polar surface area (TPSA) is 0 Å². The van der Waals surface area contributed by atoms with E-state index < -0.39 is 0 Å². The van der Waals surface area contributed by atoms with Gasteiger partial charge >= 0.3 is 0 Å². The van der Waals surface area contributed by atoms with Gasteiger partial charge in [-0.3, -0.25) is 0 Å². The van der Waals surface area contributed by atoms with Crippen LogP contribution >= 0.6 is 0 Å². The molecule has 0 amide bonds. The van der Waals surface area contributed by atoms with Gasteiger partial charge in [0.2, 0.25) is 0 Å². The lowest BCUT2D eigenvalue weighted by Crippen LogP contribution is -1.70. The van der Waals surface area contributed by atoms with Crippen LogP contribution in [0.1, 0.15) is 25.7 Å². The van der Waals surface area contributed by atoms with E-state index in [1.54, 1.807) is 0 Å². The van der Waals surface area contributed by atoms with Crippen molar-refractivity contribution < 1.29 is 4.39 Å². The summed E-state index contributed by atoms with van der Waals surface area (Å²) in [7, 11) is 0. The van der Waals surface area contributed by atoms with Gasteiger partial charge in [0.25, 0.3) is 0 Å². The summed E-state index contributed by atoms with van der Waals surface area (Å²) in [5.41, 5.74) is 0. The summed E-state index contributed by atoms with van der Waals surface area (Å²) >= 11 is 0. The summed E-state index contributed by atoms with van der Waals surface area (Å²) in [5.74, 6) is 7.15. The molecule has 53 valence electrons. The molecule has 0 aliphatic rings. The predicted octanol–water partition coefficient (Wildman–Crippen LogP) is 2.31. The highest BCUT2D eigenvalue weighted by atomic mass is 19.1. The van der Waals surface area contributed by atoms with Crippen molar-refractivity contribution in [1.29, 1.82) is 0 Å². The van der Waals surface area contributed by atoms with Crippen LogP contribution in [0.2, 0.25) is 0 Å². The fourth-order valence-corrected chi connectivity index (χ4v) is 0.520. The van der Waals surface area contributed by atoms with Gasteiger partial charge in [0.1, 0.15) is 6.17 Å². The molecular weight excluding hydrogens is 127 g/mol. The second kappa shape index (κ2) is 8.05. The van der Waals surface area contributed by atoms with Crippen LogP contribution in [0.3, 0.4) is 0 Å². The lowest BCUT2D eigenvalue weighted by Gasteiger charge is -1.86. The van der Waals surface area contributed by atoms with Gasteiger partial charge in [-0.05, 0) is 12.3 Å². The fraction of sp³-hybridized carbons (Fsp3) is 0.444. The second-order valence-electron chi connectivity index (χ2n) is 1.83. The van der Waals surface area contributed by atoms with Gasteiger partial charge < -0.3 is 0 Å². The Balaban J connectivity index is 3.17. The van der Waals surface area contributed by atoms with Crippen LogP contribution in [-0.2, 0) is 0 Å². The van der Waals surface area contributed by atoms with Crippen molar-refractivity contribution in [3.63, 3.8) is 0 Å². The Bertz CT molecular complexity index is 172. The van der Waals surface area contributed by atoms with Crippen LogP contribution in [0, 0.1) is 30.9 Å². The highest BCUT2D eigenvalue weighted by Crippen LogP contribution is 1.95. The molecule has 0 fully saturated rings. The SMILES string of the molecule is [CH2]CCCCC#CC#CF. The third kappa shape index (κ3) is 7.05. The average molecular weight is 137 g/mol. The molecule has 0 spiro atoms. The Morgan fingerprint density at radius 1 is 1.20 bits per heavy atom. The highest BCUT2D eigenvalue weighted by molar-refractivity contribution is 5.23. The second-order valence-corrected chi connectivity index (χ2v) is 1.83. The number of halogens is 1. The first-order valence-electron chi connectivity index (χ1n) is 3.29. The van der Waals surface area contributed by atoms with Gasteiger partial charge in [-0.25, -0.2) is 0 Å². The zero-order valence-electron chi connectivity index (χ0n) is 5.91. The van der Waals surface area contributed by atoms with Crippen molar-refractivity contribution in [2.75, 3.05) is 0 Å². The molecule has 0 heterocycles. The van der Waals surface area contributed by atoms with Gasteiger partial charge in [-0.15, -0.1) is 4.39 Å². The molecule has 0 nitrogen and oxygen atoms in total. The largest absolute Gasteiger partial charge is 0.143 e. The molecule has 0 aliphatic carbocycles. The summed E-state index contributed by atoms with van der Waals surface area (Å²) in [6.07, 6.45) is 5.07. The number of unbranched alkanes of at least 4 members (excludes halogenated alkanes) is 3. The zero-order valence-corrected chi connectivity index (χ0v) is 5.91. The highest BCUT2D eigenvalue weighted by Gasteiger charge is 1.79. The smallest absolute Gasteiger partial charge is 0.119 e. The molecule has 0 bridgehead atoms. The normalized spacial score (nSPS) is 7.00. The lowest BCUT2D eigenvalue weighted by molar-refractivity contribution is 0.770. The Morgan fingerprint density at radius 2 is 2.00 bits per heavy atom. The van der Waals surface area contributed by atoms with E-state index in [1.807, 2.05) is 5.92 Å². The van der Waals surface area contributed by atoms with Crippen molar-refractivity contribution >= 4 is 0 Å². The first kappa shape index (κ1) is 9.05. The molecule has 0 aromatic rings. The van der Waals surface area contributed by atoms with Crippen LogP contribution in [0.4, 0.5) is 4.39 Å². The summed E-state index contributed by atoms with van der Waals surface area (Å²) in [6.45, 7) is 3.68. The maximum atomic E-state index is 11.1. The van der Waals surface area contributed by atoms with E-state index in [2.05, 4.69) is 18.8 Å². The van der Waals surface area contributed by atoms with Gasteiger partial charge in [0, 0.05) is 12.3 Å². The van der Waals surface area contributed by atoms with E-state index in [0.29, 0.717) is 0 Å². The Labute approximate surface area is 61.8 Å². The summed E-state index contributed by atoms with van der Waals surface area (Å²) in [5, 5.41) is 0. The maximum absolute atomic E-state index is 11.1. The van der Waals surface area contributed by atoms with Gasteiger partial charge in [-0.2, -0.15) is 0 Å². The minimum atomic E-state index is 0.796. The van der Waals surface area contributed by atoms with E-state index >= 15 is 0 Å². The molecule has 1 heteroatoms. The molecule has 0 aliphatic heterocycles. The van der Waals surface area contributed by atoms with Crippen molar-refractivity contribution in [1.82, 2.24) is 0 Å². The molecule has 0 aromatic heterocycles. The Kier molecular flexibility index (Phi) is 7.29. The van der Waals surface area contributed by atoms with Crippen molar-refractivity contribution in [2.24, 2.45) is 0 Å². The number of hydrogen-bond acceptors (Lipinski definition) is 0. The molecule has 0 N–H and O–H groups in total. The van der Waals surface area contributed by atoms with E-state index in [9.17, 15) is 4.39 Å². The molecule has 0 saturated carbocycles. The van der Waals surface area contributed by atoms with Crippen LogP contribution in [0.25, 0.3) is 0 Å². The van der Waals surface area contributed by atoms with Gasteiger partial charge in [-0.1, -0.05) is 25.7 Å². The molecule has 1 radical (unpaired) electrons. The zero-order chi connectivity index (χ0) is 7.66. The summed E-state index contributed by atoms with van der Waals surface area (Å²) in [6, 6.07) is 0. The summed E-state index contributed by atoms with van der Waals surface area (Å²) in [4.78, 5) is 0. The van der Waals surface area contributed by atoms with Crippen LogP contribution in [-0.4, -0.2) is 0 Å². The Morgan fingerprint density at radius 3 is 2.60 bits per heavy atom. The van der Waals surface area contributed by atoms with E-state index in [4.69, 9.17) is 0 Å². The monoisotopic (exact) mass is 137 g/mol. The molecule has 0 saturated heterocycles. The Hall–Kier alpha value is -0.950. The van der Waals surface area contributed by atoms with Crippen LogP contribution < -0.4 is 0 Å². The van der Waals surface area contributed by atoms with E-state index in [0.717, 1.165) is 25.7 Å². The van der Waals surface area contributed by atoms with Crippen molar-refractivity contribution in [2.45, 2.75) is 25.7 Å². The predicted molar refractivity (Wildman–Crippen MR) is 40.5 cm³/mol. The maximum Gasteiger partial charge on any atom is 0.119 e. The molecule has 0 rings (SSSR count). The van der Waals surface area contributed by atoms with Crippen LogP contribution in [0.15, 0.2) is 0 Å². The third-order valence-electron chi connectivity index (χ3n) is 1.000. The molecule has 10 heavy (non-hydrogen) atoms. The van der Waals surface area contributed by atoms with Gasteiger partial charge in [0.05, 0.1) is 0 Å². The molecular formula is C9H10F. The van der Waals surface area contributed by atoms with Crippen LogP contribution in [0.5, 0.6) is 0 Å². The molecule has 0 unspecified atom stereocenters. The minimum Gasteiger partial charge on any atom is -0.143 e. The lowest BCUT2D eigenvalue weighted by atomic mass is 10.2. The quantitative estimate of drug-likeness (QED) is 0.413. The van der Waals surface area contributed by atoms with E-state index in [1.165, 1.54) is 6.17 Å². The van der Waals surface area contributed by atoms with E-state index in [-0.39, 0.29) is 0 Å². The standard InChI is InChI=1S/C9H10F/c1-2-3-4-5-6-7-8-9-10/h1-5H2. The molecule has 0 atom stereocenters.